The number of rotatable bonds is 7. The van der Waals surface area contributed by atoms with E-state index in [1.165, 1.54) is 12.8 Å². The number of carbonyl (C=O) groups is 2. The molecule has 1 unspecified atom stereocenters. The number of hydrogen-bond acceptors (Lipinski definition) is 6. The highest BCUT2D eigenvalue weighted by atomic mass is 16.2. The average Bonchev–Trinajstić information content (AvgIpc) is 3.31. The molecule has 4 N–H and O–H groups in total. The lowest BCUT2D eigenvalue weighted by Crippen LogP contribution is -2.46. The number of likely N-dealkylation sites (N-methyl/N-ethyl adjacent to an activating group) is 1. The highest BCUT2D eigenvalue weighted by Gasteiger charge is 2.28. The molecule has 3 aliphatic heterocycles. The Labute approximate surface area is 196 Å². The first-order valence-corrected chi connectivity index (χ1v) is 12.2. The van der Waals surface area contributed by atoms with Crippen LogP contribution >= 0.6 is 0 Å². The van der Waals surface area contributed by atoms with E-state index in [0.29, 0.717) is 12.4 Å². The van der Waals surface area contributed by atoms with Crippen LogP contribution in [0, 0.1) is 5.92 Å². The largest absolute Gasteiger partial charge is 0.370 e. The van der Waals surface area contributed by atoms with E-state index in [1.54, 1.807) is 0 Å². The monoisotopic (exact) mass is 455 g/mol. The number of fused-ring (bicyclic) bond motifs is 1. The van der Waals surface area contributed by atoms with Gasteiger partial charge >= 0.3 is 6.03 Å². The van der Waals surface area contributed by atoms with Crippen LogP contribution in [0.1, 0.15) is 38.5 Å². The van der Waals surface area contributed by atoms with Gasteiger partial charge in [0.1, 0.15) is 5.82 Å². The zero-order valence-corrected chi connectivity index (χ0v) is 19.8. The number of likely N-dealkylation sites (tertiary alicyclic amines) is 1. The van der Waals surface area contributed by atoms with Crippen LogP contribution in [-0.2, 0) is 4.79 Å². The summed E-state index contributed by atoms with van der Waals surface area (Å²) in [5.74, 6) is 0.920. The summed E-state index contributed by atoms with van der Waals surface area (Å²) in [7, 11) is 4.01. The number of urea groups is 1. The summed E-state index contributed by atoms with van der Waals surface area (Å²) in [5, 5.41) is 12.4. The van der Waals surface area contributed by atoms with Gasteiger partial charge in [-0.15, -0.1) is 0 Å². The van der Waals surface area contributed by atoms with Gasteiger partial charge in [0, 0.05) is 38.1 Å². The molecule has 4 aliphatic rings. The third-order valence-corrected chi connectivity index (χ3v) is 6.76. The predicted octanol–water partition coefficient (Wildman–Crippen LogP) is 1.28. The molecule has 3 heterocycles. The van der Waals surface area contributed by atoms with Crippen LogP contribution in [0.4, 0.5) is 4.79 Å². The molecule has 1 saturated carbocycles. The fourth-order valence-electron chi connectivity index (χ4n) is 4.79. The zero-order valence-electron chi connectivity index (χ0n) is 19.8. The number of hydrogen-bond donors (Lipinski definition) is 4. The Hall–Kier alpha value is -2.81. The molecule has 2 fully saturated rings. The Balaban J connectivity index is 1.25. The number of nitrogens with zero attached hydrogens (tertiary/aromatic N) is 3. The number of aliphatic imine (C=N–C) groups is 1. The van der Waals surface area contributed by atoms with Crippen molar-refractivity contribution in [3.63, 3.8) is 0 Å². The Bertz CT molecular complexity index is 847. The van der Waals surface area contributed by atoms with Crippen LogP contribution in [-0.4, -0.2) is 80.3 Å². The van der Waals surface area contributed by atoms with Crippen molar-refractivity contribution >= 4 is 18.2 Å². The number of dihydropyridines is 2. The van der Waals surface area contributed by atoms with E-state index in [1.807, 2.05) is 32.5 Å². The molecule has 180 valence electrons. The summed E-state index contributed by atoms with van der Waals surface area (Å²) < 4.78 is 0. The van der Waals surface area contributed by atoms with Gasteiger partial charge in [-0.3, -0.25) is 15.1 Å². The first kappa shape index (κ1) is 23.4. The Morgan fingerprint density at radius 3 is 2.64 bits per heavy atom. The van der Waals surface area contributed by atoms with Crippen molar-refractivity contribution in [1.29, 1.82) is 0 Å². The van der Waals surface area contributed by atoms with Gasteiger partial charge in [0.15, 0.2) is 0 Å². The van der Waals surface area contributed by atoms with Gasteiger partial charge in [-0.05, 0) is 58.0 Å². The molecule has 0 spiro atoms. The summed E-state index contributed by atoms with van der Waals surface area (Å²) >= 11 is 0. The van der Waals surface area contributed by atoms with Crippen molar-refractivity contribution < 1.29 is 9.59 Å². The molecule has 3 amide bonds. The Kier molecular flexibility index (Phi) is 7.69. The fraction of sp³-hybridized carbons (Fsp3) is 0.625. The van der Waals surface area contributed by atoms with Crippen LogP contribution < -0.4 is 21.3 Å². The molecule has 1 aliphatic carbocycles. The standard InChI is InChI=1S/C24H37N7O2/c1-30(2)14-11-25-23(32)17-9-12-31(13-10-17)19-15-21-20(26-16-19)7-8-22(28-21)29-24(33)27-18-5-3-4-6-18/h7-8,15-18,21,28H,3-6,9-14H2,1-2H3,(H,25,32)(H2,27,29,33). The molecule has 0 aromatic carbocycles. The first-order chi connectivity index (χ1) is 16.0. The molecule has 33 heavy (non-hydrogen) atoms. The van der Waals surface area contributed by atoms with Crippen LogP contribution in [0.5, 0.6) is 0 Å². The van der Waals surface area contributed by atoms with Crippen LogP contribution in [0.3, 0.4) is 0 Å². The van der Waals surface area contributed by atoms with Crippen molar-refractivity contribution in [3.8, 4) is 0 Å². The SMILES string of the molecule is CN(C)CCNC(=O)C1CCN(C2=CC3NC(NC(=O)NC4CCCC4)=CC=C3N=C2)CC1. The van der Waals surface area contributed by atoms with E-state index in [-0.39, 0.29) is 29.9 Å². The van der Waals surface area contributed by atoms with E-state index in [9.17, 15) is 9.59 Å². The van der Waals surface area contributed by atoms with E-state index in [4.69, 9.17) is 0 Å². The number of amides is 3. The lowest BCUT2D eigenvalue weighted by Gasteiger charge is -2.36. The molecule has 0 radical (unpaired) electrons. The van der Waals surface area contributed by atoms with Crippen molar-refractivity contribution in [1.82, 2.24) is 31.1 Å². The normalized spacial score (nSPS) is 23.3. The maximum Gasteiger partial charge on any atom is 0.320 e. The number of piperidine rings is 1. The minimum absolute atomic E-state index is 0.0740. The Morgan fingerprint density at radius 1 is 1.15 bits per heavy atom. The second-order valence-corrected chi connectivity index (χ2v) is 9.58. The predicted molar refractivity (Wildman–Crippen MR) is 129 cm³/mol. The van der Waals surface area contributed by atoms with E-state index in [0.717, 1.165) is 56.7 Å². The average molecular weight is 456 g/mol. The second-order valence-electron chi connectivity index (χ2n) is 9.58. The van der Waals surface area contributed by atoms with Gasteiger partial charge in [-0.25, -0.2) is 4.79 Å². The quantitative estimate of drug-likeness (QED) is 0.463. The van der Waals surface area contributed by atoms with Crippen LogP contribution in [0.15, 0.2) is 40.4 Å². The van der Waals surface area contributed by atoms with Gasteiger partial charge < -0.3 is 25.8 Å². The summed E-state index contributed by atoms with van der Waals surface area (Å²) in [5.41, 5.74) is 1.99. The highest BCUT2D eigenvalue weighted by Crippen LogP contribution is 2.25. The third kappa shape index (κ3) is 6.37. The lowest BCUT2D eigenvalue weighted by molar-refractivity contribution is -0.126. The molecule has 9 nitrogen and oxygen atoms in total. The molecule has 9 heteroatoms. The minimum Gasteiger partial charge on any atom is -0.370 e. The molecular formula is C24H37N7O2. The summed E-state index contributed by atoms with van der Waals surface area (Å²) in [4.78, 5) is 33.7. The molecule has 0 aromatic heterocycles. The zero-order chi connectivity index (χ0) is 23.2. The number of carbonyl (C=O) groups excluding carboxylic acids is 2. The highest BCUT2D eigenvalue weighted by molar-refractivity contribution is 5.82. The van der Waals surface area contributed by atoms with Crippen LogP contribution in [0.2, 0.25) is 0 Å². The fourth-order valence-corrected chi connectivity index (χ4v) is 4.79. The van der Waals surface area contributed by atoms with E-state index in [2.05, 4.69) is 42.1 Å². The van der Waals surface area contributed by atoms with E-state index >= 15 is 0 Å². The van der Waals surface area contributed by atoms with Gasteiger partial charge in [-0.1, -0.05) is 12.8 Å². The topological polar surface area (TPSA) is 101 Å². The van der Waals surface area contributed by atoms with Crippen molar-refractivity contribution in [2.24, 2.45) is 10.9 Å². The van der Waals surface area contributed by atoms with Gasteiger partial charge in [-0.2, -0.15) is 0 Å². The molecular weight excluding hydrogens is 418 g/mol. The first-order valence-electron chi connectivity index (χ1n) is 12.2. The maximum absolute atomic E-state index is 12.4. The smallest absolute Gasteiger partial charge is 0.320 e. The molecule has 4 rings (SSSR count). The van der Waals surface area contributed by atoms with Crippen molar-refractivity contribution in [3.05, 3.63) is 35.4 Å². The molecule has 1 saturated heterocycles. The third-order valence-electron chi connectivity index (χ3n) is 6.76. The summed E-state index contributed by atoms with van der Waals surface area (Å²) in [6, 6.07) is 0.0415. The number of allylic oxidation sites excluding steroid dienone is 3. The minimum atomic E-state index is -0.160. The van der Waals surface area contributed by atoms with Gasteiger partial charge in [0.05, 0.1) is 23.7 Å². The van der Waals surface area contributed by atoms with Crippen LogP contribution in [0.25, 0.3) is 0 Å². The lowest BCUT2D eigenvalue weighted by atomic mass is 9.95. The van der Waals surface area contributed by atoms with Crippen molar-refractivity contribution in [2.75, 3.05) is 40.3 Å². The summed E-state index contributed by atoms with van der Waals surface area (Å²) in [6.07, 6.45) is 14.0. The molecule has 0 bridgehead atoms. The maximum atomic E-state index is 12.4. The molecule has 0 aromatic rings. The Morgan fingerprint density at radius 2 is 1.91 bits per heavy atom. The van der Waals surface area contributed by atoms with Gasteiger partial charge in [0.2, 0.25) is 5.91 Å². The second kappa shape index (κ2) is 10.9. The van der Waals surface area contributed by atoms with Crippen molar-refractivity contribution in [2.45, 2.75) is 50.6 Å². The summed E-state index contributed by atoms with van der Waals surface area (Å²) in [6.45, 7) is 3.21. The van der Waals surface area contributed by atoms with E-state index < -0.39 is 0 Å². The number of nitrogens with one attached hydrogen (secondary N) is 4. The molecule has 1 atom stereocenters. The van der Waals surface area contributed by atoms with Gasteiger partial charge in [0.25, 0.3) is 0 Å².